The summed E-state index contributed by atoms with van der Waals surface area (Å²) in [6.07, 6.45) is 0.119. The van der Waals surface area contributed by atoms with Crippen LogP contribution < -0.4 is 0 Å². The fraction of sp³-hybridized carbons (Fsp3) is 1.00. The molecule has 0 aliphatic rings. The van der Waals surface area contributed by atoms with E-state index in [9.17, 15) is 0 Å². The van der Waals surface area contributed by atoms with Gasteiger partial charge in [0.2, 0.25) is 0 Å². The maximum Gasteiger partial charge on any atom is 0.0783 e. The third-order valence-electron chi connectivity index (χ3n) is 1.88. The average molecular weight is 161 g/mol. The van der Waals surface area contributed by atoms with E-state index in [2.05, 4.69) is 18.7 Å². The number of rotatable bonds is 6. The molecule has 0 saturated carbocycles. The van der Waals surface area contributed by atoms with Gasteiger partial charge in [0.25, 0.3) is 0 Å². The molecule has 0 amide bonds. The van der Waals surface area contributed by atoms with E-state index in [1.165, 1.54) is 0 Å². The number of aliphatic hydroxyl groups excluding tert-OH is 2. The summed E-state index contributed by atoms with van der Waals surface area (Å²) in [6, 6.07) is 0. The predicted molar refractivity (Wildman–Crippen MR) is 45.5 cm³/mol. The Morgan fingerprint density at radius 1 is 1.27 bits per heavy atom. The molecule has 0 spiro atoms. The van der Waals surface area contributed by atoms with E-state index < -0.39 is 6.10 Å². The van der Waals surface area contributed by atoms with Crippen molar-refractivity contribution in [2.75, 3.05) is 26.2 Å². The highest BCUT2D eigenvalue weighted by Crippen LogP contribution is 1.94. The normalized spacial score (nSPS) is 13.9. The number of hydrogen-bond donors (Lipinski definition) is 2. The summed E-state index contributed by atoms with van der Waals surface area (Å²) in [6.45, 7) is 6.95. The first kappa shape index (κ1) is 10.9. The van der Waals surface area contributed by atoms with E-state index in [1.807, 2.05) is 0 Å². The summed E-state index contributed by atoms with van der Waals surface area (Å²) in [5, 5.41) is 17.5. The zero-order chi connectivity index (χ0) is 8.69. The highest BCUT2D eigenvalue weighted by Gasteiger charge is 2.04. The second-order valence-electron chi connectivity index (χ2n) is 2.65. The molecule has 0 heterocycles. The van der Waals surface area contributed by atoms with Gasteiger partial charge in [0.15, 0.2) is 0 Å². The molecule has 0 aromatic rings. The first-order valence-corrected chi connectivity index (χ1v) is 4.25. The third kappa shape index (κ3) is 5.18. The second kappa shape index (κ2) is 6.58. The minimum Gasteiger partial charge on any atom is -0.394 e. The molecule has 0 aromatic carbocycles. The molecule has 0 aliphatic heterocycles. The van der Waals surface area contributed by atoms with Crippen molar-refractivity contribution in [3.05, 3.63) is 0 Å². The quantitative estimate of drug-likeness (QED) is 0.579. The largest absolute Gasteiger partial charge is 0.394 e. The fourth-order valence-electron chi connectivity index (χ4n) is 0.963. The van der Waals surface area contributed by atoms with Gasteiger partial charge in [0.05, 0.1) is 12.7 Å². The molecule has 68 valence electrons. The lowest BCUT2D eigenvalue weighted by atomic mass is 10.2. The highest BCUT2D eigenvalue weighted by molar-refractivity contribution is 4.58. The fourth-order valence-corrected chi connectivity index (χ4v) is 0.963. The van der Waals surface area contributed by atoms with E-state index >= 15 is 0 Å². The molecule has 11 heavy (non-hydrogen) atoms. The van der Waals surface area contributed by atoms with Crippen LogP contribution in [0.4, 0.5) is 0 Å². The molecule has 0 unspecified atom stereocenters. The summed E-state index contributed by atoms with van der Waals surface area (Å²) < 4.78 is 0. The standard InChI is InChI=1S/C8H19NO2/c1-3-9(4-2)6-5-8(11)7-10/h8,10-11H,3-7H2,1-2H3/t8-/m0/s1. The van der Waals surface area contributed by atoms with Crippen molar-refractivity contribution >= 4 is 0 Å². The molecule has 0 aromatic heterocycles. The Morgan fingerprint density at radius 3 is 2.18 bits per heavy atom. The maximum atomic E-state index is 9.02. The van der Waals surface area contributed by atoms with Gasteiger partial charge in [-0.2, -0.15) is 0 Å². The first-order valence-electron chi connectivity index (χ1n) is 4.25. The van der Waals surface area contributed by atoms with E-state index in [-0.39, 0.29) is 6.61 Å². The van der Waals surface area contributed by atoms with E-state index in [4.69, 9.17) is 10.2 Å². The Balaban J connectivity index is 3.34. The van der Waals surface area contributed by atoms with Gasteiger partial charge < -0.3 is 15.1 Å². The summed E-state index contributed by atoms with van der Waals surface area (Å²) in [5.41, 5.74) is 0. The van der Waals surface area contributed by atoms with Gasteiger partial charge in [-0.05, 0) is 19.5 Å². The third-order valence-corrected chi connectivity index (χ3v) is 1.88. The van der Waals surface area contributed by atoms with Crippen LogP contribution in [0.2, 0.25) is 0 Å². The van der Waals surface area contributed by atoms with Crippen LogP contribution in [0.5, 0.6) is 0 Å². The van der Waals surface area contributed by atoms with Crippen LogP contribution in [0.15, 0.2) is 0 Å². The van der Waals surface area contributed by atoms with Crippen LogP contribution in [0.3, 0.4) is 0 Å². The van der Waals surface area contributed by atoms with Gasteiger partial charge >= 0.3 is 0 Å². The lowest BCUT2D eigenvalue weighted by molar-refractivity contribution is 0.0784. The summed E-state index contributed by atoms with van der Waals surface area (Å²) in [7, 11) is 0. The molecular formula is C8H19NO2. The van der Waals surface area contributed by atoms with Gasteiger partial charge in [-0.15, -0.1) is 0 Å². The highest BCUT2D eigenvalue weighted by atomic mass is 16.3. The van der Waals surface area contributed by atoms with Crippen LogP contribution in [-0.2, 0) is 0 Å². The second-order valence-corrected chi connectivity index (χ2v) is 2.65. The first-order chi connectivity index (χ1) is 5.24. The lowest BCUT2D eigenvalue weighted by Crippen LogP contribution is -2.28. The molecule has 0 radical (unpaired) electrons. The molecule has 3 nitrogen and oxygen atoms in total. The van der Waals surface area contributed by atoms with Crippen molar-refractivity contribution in [3.8, 4) is 0 Å². The molecule has 0 rings (SSSR count). The summed E-state index contributed by atoms with van der Waals surface area (Å²) >= 11 is 0. The molecule has 0 fully saturated rings. The Morgan fingerprint density at radius 2 is 1.82 bits per heavy atom. The van der Waals surface area contributed by atoms with Crippen LogP contribution >= 0.6 is 0 Å². The van der Waals surface area contributed by atoms with Crippen LogP contribution in [0.25, 0.3) is 0 Å². The van der Waals surface area contributed by atoms with Crippen molar-refractivity contribution in [2.24, 2.45) is 0 Å². The number of aliphatic hydroxyl groups is 2. The van der Waals surface area contributed by atoms with Crippen molar-refractivity contribution in [1.29, 1.82) is 0 Å². The van der Waals surface area contributed by atoms with Gasteiger partial charge in [-0.25, -0.2) is 0 Å². The maximum absolute atomic E-state index is 9.02. The smallest absolute Gasteiger partial charge is 0.0783 e. The van der Waals surface area contributed by atoms with E-state index in [1.54, 1.807) is 0 Å². The zero-order valence-electron chi connectivity index (χ0n) is 7.45. The average Bonchev–Trinajstić information content (AvgIpc) is 2.06. The number of hydrogen-bond acceptors (Lipinski definition) is 3. The van der Waals surface area contributed by atoms with Gasteiger partial charge in [0, 0.05) is 6.54 Å². The molecule has 0 bridgehead atoms. The zero-order valence-corrected chi connectivity index (χ0v) is 7.45. The predicted octanol–water partition coefficient (Wildman–Crippen LogP) is 0.0715. The Hall–Kier alpha value is -0.120. The van der Waals surface area contributed by atoms with Gasteiger partial charge in [-0.3, -0.25) is 0 Å². The van der Waals surface area contributed by atoms with Crippen molar-refractivity contribution in [2.45, 2.75) is 26.4 Å². The van der Waals surface area contributed by atoms with Crippen molar-refractivity contribution in [3.63, 3.8) is 0 Å². The Labute approximate surface area is 68.6 Å². The Kier molecular flexibility index (Phi) is 6.51. The molecule has 3 heteroatoms. The summed E-state index contributed by atoms with van der Waals surface area (Å²) in [4.78, 5) is 2.22. The molecule has 1 atom stereocenters. The molecule has 0 saturated heterocycles. The minimum atomic E-state index is -0.546. The Bertz CT molecular complexity index is 84.2. The van der Waals surface area contributed by atoms with Crippen LogP contribution in [0.1, 0.15) is 20.3 Å². The number of nitrogens with zero attached hydrogens (tertiary/aromatic N) is 1. The van der Waals surface area contributed by atoms with E-state index in [0.29, 0.717) is 6.42 Å². The SMILES string of the molecule is CCN(CC)CC[C@H](O)CO. The minimum absolute atomic E-state index is 0.124. The lowest BCUT2D eigenvalue weighted by Gasteiger charge is -2.18. The van der Waals surface area contributed by atoms with Crippen molar-refractivity contribution < 1.29 is 10.2 Å². The van der Waals surface area contributed by atoms with Crippen molar-refractivity contribution in [1.82, 2.24) is 4.90 Å². The van der Waals surface area contributed by atoms with E-state index in [0.717, 1.165) is 19.6 Å². The van der Waals surface area contributed by atoms with Gasteiger partial charge in [0.1, 0.15) is 0 Å². The van der Waals surface area contributed by atoms with Crippen LogP contribution in [0, 0.1) is 0 Å². The monoisotopic (exact) mass is 161 g/mol. The topological polar surface area (TPSA) is 43.7 Å². The molecule has 0 aliphatic carbocycles. The molecule has 2 N–H and O–H groups in total. The van der Waals surface area contributed by atoms with Gasteiger partial charge in [-0.1, -0.05) is 13.8 Å². The molecular weight excluding hydrogens is 142 g/mol. The summed E-state index contributed by atoms with van der Waals surface area (Å²) in [5.74, 6) is 0. The van der Waals surface area contributed by atoms with Crippen LogP contribution in [-0.4, -0.2) is 47.5 Å².